The fraction of sp³-hybridized carbons (Fsp3) is 0.304. The monoisotopic (exact) mass is 436 g/mol. The highest BCUT2D eigenvalue weighted by molar-refractivity contribution is 7.10. The number of benzene rings is 1. The highest BCUT2D eigenvalue weighted by Gasteiger charge is 2.40. The van der Waals surface area contributed by atoms with E-state index in [9.17, 15) is 4.79 Å². The quantitative estimate of drug-likeness (QED) is 0.623. The van der Waals surface area contributed by atoms with Gasteiger partial charge in [0.2, 0.25) is 5.89 Å². The molecule has 7 nitrogen and oxygen atoms in total. The van der Waals surface area contributed by atoms with Crippen molar-refractivity contribution in [2.75, 3.05) is 6.61 Å². The van der Waals surface area contributed by atoms with Crippen molar-refractivity contribution in [2.45, 2.75) is 38.9 Å². The van der Waals surface area contributed by atoms with Crippen LogP contribution in [0.4, 0.5) is 0 Å². The number of nitrogens with zero attached hydrogens (tertiary/aromatic N) is 3. The van der Waals surface area contributed by atoms with Crippen LogP contribution in [0, 0.1) is 6.92 Å². The standard InChI is InChI=1S/C23H24N4O3S/c1-3-29-17-8-6-16(7-9-17)22-24-19(15(2)30-22)14-26-10-11-27-20(23(26)28)13-18(25-27)21-5-4-12-31-21/h4-12,18,20,25H,3,13-14H2,1-2H3. The molecule has 1 saturated heterocycles. The van der Waals surface area contributed by atoms with Crippen LogP contribution >= 0.6 is 11.3 Å². The van der Waals surface area contributed by atoms with Crippen LogP contribution < -0.4 is 10.2 Å². The number of carbonyl (C=O) groups excluding carboxylic acids is 1. The van der Waals surface area contributed by atoms with Gasteiger partial charge in [0.05, 0.1) is 19.2 Å². The van der Waals surface area contributed by atoms with Gasteiger partial charge in [0.25, 0.3) is 5.91 Å². The van der Waals surface area contributed by atoms with E-state index in [1.165, 1.54) is 4.88 Å². The molecule has 1 aromatic carbocycles. The second-order valence-electron chi connectivity index (χ2n) is 7.60. The summed E-state index contributed by atoms with van der Waals surface area (Å²) in [5.41, 5.74) is 5.06. The zero-order valence-electron chi connectivity index (χ0n) is 17.4. The molecule has 0 aliphatic carbocycles. The van der Waals surface area contributed by atoms with E-state index in [0.29, 0.717) is 24.8 Å². The minimum Gasteiger partial charge on any atom is -0.494 e. The first-order valence-corrected chi connectivity index (χ1v) is 11.3. The average Bonchev–Trinajstić information content (AvgIpc) is 3.51. The summed E-state index contributed by atoms with van der Waals surface area (Å²) in [5.74, 6) is 2.15. The van der Waals surface area contributed by atoms with Gasteiger partial charge in [-0.3, -0.25) is 4.79 Å². The molecule has 0 saturated carbocycles. The van der Waals surface area contributed by atoms with Crippen LogP contribution in [0.15, 0.2) is 58.6 Å². The number of oxazole rings is 1. The zero-order valence-corrected chi connectivity index (χ0v) is 18.3. The number of amides is 1. The molecule has 1 amide bonds. The first kappa shape index (κ1) is 19.8. The van der Waals surface area contributed by atoms with Gasteiger partial charge in [0, 0.05) is 29.3 Å². The molecule has 0 bridgehead atoms. The minimum absolute atomic E-state index is 0.0686. The molecule has 3 aromatic rings. The van der Waals surface area contributed by atoms with Crippen LogP contribution in [0.1, 0.15) is 35.7 Å². The number of hydrogen-bond donors (Lipinski definition) is 1. The number of aromatic nitrogens is 1. The summed E-state index contributed by atoms with van der Waals surface area (Å²) in [6, 6.07) is 11.8. The highest BCUT2D eigenvalue weighted by atomic mass is 32.1. The predicted octanol–water partition coefficient (Wildman–Crippen LogP) is 4.24. The molecule has 2 unspecified atom stereocenters. The maximum absolute atomic E-state index is 13.1. The third-order valence-corrected chi connectivity index (χ3v) is 6.57. The van der Waals surface area contributed by atoms with Crippen molar-refractivity contribution in [1.82, 2.24) is 20.3 Å². The molecule has 2 aliphatic rings. The molecule has 31 heavy (non-hydrogen) atoms. The molecule has 0 radical (unpaired) electrons. The largest absolute Gasteiger partial charge is 0.494 e. The summed E-state index contributed by atoms with van der Waals surface area (Å²) in [6.07, 6.45) is 4.49. The maximum Gasteiger partial charge on any atom is 0.251 e. The van der Waals surface area contributed by atoms with Crippen molar-refractivity contribution in [3.05, 3.63) is 70.5 Å². The van der Waals surface area contributed by atoms with Gasteiger partial charge in [-0.05, 0) is 49.6 Å². The normalized spacial score (nSPS) is 20.4. The van der Waals surface area contributed by atoms with E-state index in [1.54, 1.807) is 16.2 Å². The Morgan fingerprint density at radius 3 is 2.84 bits per heavy atom. The fourth-order valence-corrected chi connectivity index (χ4v) is 4.75. The maximum atomic E-state index is 13.1. The molecule has 2 aromatic heterocycles. The van der Waals surface area contributed by atoms with Crippen LogP contribution in [0.5, 0.6) is 5.75 Å². The van der Waals surface area contributed by atoms with Gasteiger partial charge in [-0.2, -0.15) is 0 Å². The van der Waals surface area contributed by atoms with Crippen molar-refractivity contribution in [3.63, 3.8) is 0 Å². The lowest BCUT2D eigenvalue weighted by molar-refractivity contribution is -0.135. The number of hydrogen-bond acceptors (Lipinski definition) is 7. The molecule has 1 N–H and O–H groups in total. The number of aryl methyl sites for hydroxylation is 1. The third kappa shape index (κ3) is 3.84. The van der Waals surface area contributed by atoms with Crippen molar-refractivity contribution in [1.29, 1.82) is 0 Å². The Kier molecular flexibility index (Phi) is 5.25. The molecule has 2 aliphatic heterocycles. The smallest absolute Gasteiger partial charge is 0.251 e. The molecule has 4 heterocycles. The van der Waals surface area contributed by atoms with Gasteiger partial charge >= 0.3 is 0 Å². The van der Waals surface area contributed by atoms with Crippen LogP contribution in [0.2, 0.25) is 0 Å². The van der Waals surface area contributed by atoms with Crippen LogP contribution in [0.25, 0.3) is 11.5 Å². The molecule has 160 valence electrons. The van der Waals surface area contributed by atoms with Crippen LogP contribution in [-0.2, 0) is 11.3 Å². The summed E-state index contributed by atoms with van der Waals surface area (Å²) in [4.78, 5) is 20.8. The van der Waals surface area contributed by atoms with Crippen LogP contribution in [0.3, 0.4) is 0 Å². The number of rotatable bonds is 6. The van der Waals surface area contributed by atoms with E-state index >= 15 is 0 Å². The molecule has 5 rings (SSSR count). The topological polar surface area (TPSA) is 70.8 Å². The van der Waals surface area contributed by atoms with E-state index in [2.05, 4.69) is 21.9 Å². The summed E-state index contributed by atoms with van der Waals surface area (Å²) < 4.78 is 11.4. The second kappa shape index (κ2) is 8.20. The number of hydrazine groups is 1. The summed E-state index contributed by atoms with van der Waals surface area (Å²) in [5, 5.41) is 3.98. The first-order valence-electron chi connectivity index (χ1n) is 10.4. The van der Waals surface area contributed by atoms with Crippen molar-refractivity contribution >= 4 is 17.2 Å². The summed E-state index contributed by atoms with van der Waals surface area (Å²) in [6.45, 7) is 4.85. The van der Waals surface area contributed by atoms with E-state index < -0.39 is 0 Å². The number of thiophene rings is 1. The lowest BCUT2D eigenvalue weighted by Crippen LogP contribution is -2.47. The Hall–Kier alpha value is -3.10. The third-order valence-electron chi connectivity index (χ3n) is 5.59. The van der Waals surface area contributed by atoms with Crippen molar-refractivity contribution < 1.29 is 13.9 Å². The highest BCUT2D eigenvalue weighted by Crippen LogP contribution is 2.33. The van der Waals surface area contributed by atoms with Crippen LogP contribution in [-0.4, -0.2) is 33.4 Å². The van der Waals surface area contributed by atoms with E-state index in [1.807, 2.05) is 61.6 Å². The predicted molar refractivity (Wildman–Crippen MR) is 118 cm³/mol. The van der Waals surface area contributed by atoms with Gasteiger partial charge < -0.3 is 19.1 Å². The number of nitrogens with one attached hydrogen (secondary N) is 1. The molecule has 2 atom stereocenters. The fourth-order valence-electron chi connectivity index (χ4n) is 3.96. The van der Waals surface area contributed by atoms with E-state index in [0.717, 1.165) is 23.4 Å². The average molecular weight is 437 g/mol. The number of ether oxygens (including phenoxy) is 1. The van der Waals surface area contributed by atoms with Gasteiger partial charge in [0.15, 0.2) is 0 Å². The molecular weight excluding hydrogens is 412 g/mol. The van der Waals surface area contributed by atoms with E-state index in [4.69, 9.17) is 9.15 Å². The van der Waals surface area contributed by atoms with Gasteiger partial charge in [-0.1, -0.05) is 6.07 Å². The second-order valence-corrected chi connectivity index (χ2v) is 8.58. The summed E-state index contributed by atoms with van der Waals surface area (Å²) in [7, 11) is 0. The first-order chi connectivity index (χ1) is 15.1. The van der Waals surface area contributed by atoms with Crippen molar-refractivity contribution in [3.8, 4) is 17.2 Å². The Balaban J connectivity index is 1.30. The lowest BCUT2D eigenvalue weighted by Gasteiger charge is -2.31. The Labute approximate surface area is 184 Å². The van der Waals surface area contributed by atoms with Gasteiger partial charge in [-0.15, -0.1) is 11.3 Å². The Morgan fingerprint density at radius 1 is 1.26 bits per heavy atom. The SMILES string of the molecule is CCOc1ccc(-c2nc(CN3C=CN4NC(c5cccs5)CC4C3=O)c(C)o2)cc1. The minimum atomic E-state index is -0.213. The Morgan fingerprint density at radius 2 is 2.10 bits per heavy atom. The van der Waals surface area contributed by atoms with Gasteiger partial charge in [0.1, 0.15) is 23.2 Å². The Bertz CT molecular complexity index is 1090. The molecular formula is C23H24N4O3S. The lowest BCUT2D eigenvalue weighted by atomic mass is 10.1. The number of fused-ring (bicyclic) bond motifs is 1. The molecule has 8 heteroatoms. The zero-order chi connectivity index (χ0) is 21.4. The van der Waals surface area contributed by atoms with E-state index in [-0.39, 0.29) is 18.0 Å². The molecule has 1 fully saturated rings. The number of carbonyl (C=O) groups is 1. The summed E-state index contributed by atoms with van der Waals surface area (Å²) >= 11 is 1.71. The van der Waals surface area contributed by atoms with Crippen molar-refractivity contribution in [2.24, 2.45) is 0 Å². The van der Waals surface area contributed by atoms with Gasteiger partial charge in [-0.25, -0.2) is 10.4 Å². The molecule has 0 spiro atoms.